The molecule has 0 aliphatic carbocycles. The summed E-state index contributed by atoms with van der Waals surface area (Å²) in [5.74, 6) is 0.759. The molecule has 0 unspecified atom stereocenters. The zero-order valence-electron chi connectivity index (χ0n) is 8.09. The molecule has 0 radical (unpaired) electrons. The predicted molar refractivity (Wildman–Crippen MR) is 53.1 cm³/mol. The molecular weight excluding hydrogens is 176 g/mol. The highest BCUT2D eigenvalue weighted by Gasteiger charge is 2.00. The fourth-order valence-corrected chi connectivity index (χ4v) is 1.29. The van der Waals surface area contributed by atoms with E-state index in [9.17, 15) is 0 Å². The van der Waals surface area contributed by atoms with Crippen LogP contribution in [0.5, 0.6) is 0 Å². The highest BCUT2D eigenvalue weighted by Crippen LogP contribution is 2.04. The number of nitrogens with zero attached hydrogens (tertiary/aromatic N) is 4. The van der Waals surface area contributed by atoms with E-state index >= 15 is 0 Å². The molecule has 0 bridgehead atoms. The van der Waals surface area contributed by atoms with E-state index in [1.54, 1.807) is 10.9 Å². The van der Waals surface area contributed by atoms with Crippen LogP contribution in [0.15, 0.2) is 30.6 Å². The molecule has 4 nitrogen and oxygen atoms in total. The quantitative estimate of drug-likeness (QED) is 0.735. The van der Waals surface area contributed by atoms with E-state index in [1.807, 2.05) is 24.4 Å². The van der Waals surface area contributed by atoms with Crippen LogP contribution in [-0.2, 0) is 6.42 Å². The van der Waals surface area contributed by atoms with E-state index in [4.69, 9.17) is 0 Å². The van der Waals surface area contributed by atoms with E-state index in [2.05, 4.69) is 22.2 Å². The van der Waals surface area contributed by atoms with Gasteiger partial charge in [-0.05, 0) is 24.6 Å². The van der Waals surface area contributed by atoms with Crippen LogP contribution in [0.25, 0.3) is 5.82 Å². The van der Waals surface area contributed by atoms with Crippen molar-refractivity contribution in [3.8, 4) is 5.82 Å². The zero-order chi connectivity index (χ0) is 9.80. The van der Waals surface area contributed by atoms with Crippen molar-refractivity contribution in [2.24, 2.45) is 0 Å². The molecule has 0 amide bonds. The first-order chi connectivity index (χ1) is 6.90. The molecule has 0 saturated heterocycles. The van der Waals surface area contributed by atoms with Crippen molar-refractivity contribution in [2.45, 2.75) is 19.8 Å². The molecular formula is C10H12N4. The topological polar surface area (TPSA) is 43.6 Å². The first-order valence-corrected chi connectivity index (χ1v) is 4.73. The molecule has 0 aromatic carbocycles. The Bertz CT molecular complexity index is 394. The lowest BCUT2D eigenvalue weighted by Crippen LogP contribution is -1.99. The van der Waals surface area contributed by atoms with Crippen molar-refractivity contribution in [1.82, 2.24) is 20.0 Å². The van der Waals surface area contributed by atoms with Crippen LogP contribution in [0, 0.1) is 0 Å². The van der Waals surface area contributed by atoms with Crippen LogP contribution in [0.2, 0.25) is 0 Å². The predicted octanol–water partition coefficient (Wildman–Crippen LogP) is 1.61. The van der Waals surface area contributed by atoms with Gasteiger partial charge in [0, 0.05) is 12.4 Å². The van der Waals surface area contributed by atoms with Crippen LogP contribution < -0.4 is 0 Å². The van der Waals surface area contributed by atoms with Gasteiger partial charge in [0.25, 0.3) is 0 Å². The van der Waals surface area contributed by atoms with E-state index < -0.39 is 0 Å². The van der Waals surface area contributed by atoms with Gasteiger partial charge in [0.2, 0.25) is 0 Å². The molecule has 2 heterocycles. The van der Waals surface area contributed by atoms with Crippen LogP contribution >= 0.6 is 0 Å². The van der Waals surface area contributed by atoms with E-state index in [1.165, 1.54) is 0 Å². The molecule has 4 heteroatoms. The molecule has 0 N–H and O–H groups in total. The number of aromatic nitrogens is 4. The smallest absolute Gasteiger partial charge is 0.175 e. The average molecular weight is 188 g/mol. The Balaban J connectivity index is 2.25. The van der Waals surface area contributed by atoms with E-state index in [0.29, 0.717) is 0 Å². The summed E-state index contributed by atoms with van der Waals surface area (Å²) in [6.07, 6.45) is 5.68. The minimum absolute atomic E-state index is 0.759. The molecule has 0 spiro atoms. The van der Waals surface area contributed by atoms with Crippen molar-refractivity contribution in [2.75, 3.05) is 0 Å². The normalized spacial score (nSPS) is 10.4. The molecule has 2 aromatic rings. The number of aryl methyl sites for hydroxylation is 1. The molecule has 72 valence electrons. The molecule has 0 fully saturated rings. The summed E-state index contributed by atoms with van der Waals surface area (Å²) in [6, 6.07) is 5.75. The first-order valence-electron chi connectivity index (χ1n) is 4.73. The Labute approximate surface area is 82.6 Å². The van der Waals surface area contributed by atoms with Gasteiger partial charge in [-0.1, -0.05) is 13.3 Å². The average Bonchev–Trinajstić information content (AvgIpc) is 2.68. The molecule has 2 rings (SSSR count). The summed E-state index contributed by atoms with van der Waals surface area (Å²) < 4.78 is 1.75. The maximum absolute atomic E-state index is 4.38. The second-order valence-electron chi connectivity index (χ2n) is 3.08. The van der Waals surface area contributed by atoms with Crippen molar-refractivity contribution in [1.29, 1.82) is 0 Å². The summed E-state index contributed by atoms with van der Waals surface area (Å²) in [5.41, 5.74) is 1.10. The second kappa shape index (κ2) is 4.00. The lowest BCUT2D eigenvalue weighted by atomic mass is 10.3. The van der Waals surface area contributed by atoms with Gasteiger partial charge in [-0.2, -0.15) is 10.2 Å². The summed E-state index contributed by atoms with van der Waals surface area (Å²) in [7, 11) is 0. The standard InChI is InChI=1S/C10H12N4/c1-2-4-9-6-8-14(13-9)10-5-3-7-11-12-10/h3,5-8H,2,4H2,1H3. The second-order valence-corrected chi connectivity index (χ2v) is 3.08. The Morgan fingerprint density at radius 2 is 2.29 bits per heavy atom. The molecule has 14 heavy (non-hydrogen) atoms. The van der Waals surface area contributed by atoms with E-state index in [-0.39, 0.29) is 0 Å². The number of rotatable bonds is 3. The molecule has 0 aliphatic heterocycles. The number of hydrogen-bond donors (Lipinski definition) is 0. The summed E-state index contributed by atoms with van der Waals surface area (Å²) in [4.78, 5) is 0. The molecule has 0 saturated carbocycles. The van der Waals surface area contributed by atoms with Gasteiger partial charge in [-0.25, -0.2) is 4.68 Å². The molecule has 0 atom stereocenters. The van der Waals surface area contributed by atoms with Gasteiger partial charge in [-0.3, -0.25) is 0 Å². The third-order valence-electron chi connectivity index (χ3n) is 1.94. The van der Waals surface area contributed by atoms with Crippen molar-refractivity contribution in [3.63, 3.8) is 0 Å². The highest BCUT2D eigenvalue weighted by atomic mass is 15.3. The van der Waals surface area contributed by atoms with Gasteiger partial charge in [0.1, 0.15) is 0 Å². The Kier molecular flexibility index (Phi) is 2.53. The Hall–Kier alpha value is -1.71. The minimum atomic E-state index is 0.759. The van der Waals surface area contributed by atoms with Crippen molar-refractivity contribution >= 4 is 0 Å². The molecule has 0 aliphatic rings. The fourth-order valence-electron chi connectivity index (χ4n) is 1.29. The summed E-state index contributed by atoms with van der Waals surface area (Å²) >= 11 is 0. The lowest BCUT2D eigenvalue weighted by molar-refractivity contribution is 0.774. The van der Waals surface area contributed by atoms with Crippen LogP contribution in [0.1, 0.15) is 19.0 Å². The summed E-state index contributed by atoms with van der Waals surface area (Å²) in [6.45, 7) is 2.14. The van der Waals surface area contributed by atoms with Gasteiger partial charge in [-0.15, -0.1) is 5.10 Å². The van der Waals surface area contributed by atoms with Crippen LogP contribution in [-0.4, -0.2) is 20.0 Å². The zero-order valence-corrected chi connectivity index (χ0v) is 8.09. The van der Waals surface area contributed by atoms with Crippen molar-refractivity contribution in [3.05, 3.63) is 36.3 Å². The Morgan fingerprint density at radius 3 is 3.00 bits per heavy atom. The summed E-state index contributed by atoms with van der Waals surface area (Å²) in [5, 5.41) is 12.2. The molecule has 2 aromatic heterocycles. The van der Waals surface area contributed by atoms with Gasteiger partial charge in [0.05, 0.1) is 5.69 Å². The largest absolute Gasteiger partial charge is 0.221 e. The Morgan fingerprint density at radius 1 is 1.36 bits per heavy atom. The third kappa shape index (κ3) is 1.79. The fraction of sp³-hybridized carbons (Fsp3) is 0.300. The third-order valence-corrected chi connectivity index (χ3v) is 1.94. The van der Waals surface area contributed by atoms with Crippen LogP contribution in [0.3, 0.4) is 0 Å². The maximum atomic E-state index is 4.38. The van der Waals surface area contributed by atoms with E-state index in [0.717, 1.165) is 24.4 Å². The highest BCUT2D eigenvalue weighted by molar-refractivity contribution is 5.18. The monoisotopic (exact) mass is 188 g/mol. The lowest BCUT2D eigenvalue weighted by Gasteiger charge is -1.96. The number of hydrogen-bond acceptors (Lipinski definition) is 3. The maximum Gasteiger partial charge on any atom is 0.175 e. The minimum Gasteiger partial charge on any atom is -0.221 e. The SMILES string of the molecule is CCCc1ccn(-c2cccnn2)n1. The first kappa shape index (κ1) is 8.87. The van der Waals surface area contributed by atoms with Gasteiger partial charge >= 0.3 is 0 Å². The van der Waals surface area contributed by atoms with Gasteiger partial charge < -0.3 is 0 Å². The van der Waals surface area contributed by atoms with Crippen LogP contribution in [0.4, 0.5) is 0 Å². The van der Waals surface area contributed by atoms with Gasteiger partial charge in [0.15, 0.2) is 5.82 Å². The van der Waals surface area contributed by atoms with Crippen molar-refractivity contribution < 1.29 is 0 Å².